The van der Waals surface area contributed by atoms with Gasteiger partial charge in [0.05, 0.1) is 12.2 Å². The Morgan fingerprint density at radius 3 is 2.77 bits per heavy atom. The average molecular weight is 356 g/mol. The summed E-state index contributed by atoms with van der Waals surface area (Å²) in [6.07, 6.45) is 9.90. The summed E-state index contributed by atoms with van der Waals surface area (Å²) < 4.78 is 5.55. The Morgan fingerprint density at radius 2 is 2.19 bits per heavy atom. The van der Waals surface area contributed by atoms with Crippen molar-refractivity contribution in [3.63, 3.8) is 0 Å². The van der Waals surface area contributed by atoms with Crippen LogP contribution in [0.2, 0.25) is 0 Å². The number of rotatable bonds is 11. The van der Waals surface area contributed by atoms with E-state index in [9.17, 15) is 4.79 Å². The topological polar surface area (TPSA) is 115 Å². The highest BCUT2D eigenvalue weighted by Crippen LogP contribution is 2.16. The van der Waals surface area contributed by atoms with Crippen LogP contribution in [-0.4, -0.2) is 46.5 Å². The van der Waals surface area contributed by atoms with Gasteiger partial charge in [-0.3, -0.25) is 4.79 Å². The molecule has 8 nitrogen and oxygen atoms in total. The number of aliphatic imine (C=N–C) groups is 1. The smallest absolute Gasteiger partial charge is 0.224 e. The molecule has 0 saturated heterocycles. The van der Waals surface area contributed by atoms with Crippen LogP contribution in [0.3, 0.4) is 0 Å². The summed E-state index contributed by atoms with van der Waals surface area (Å²) in [7, 11) is 0. The van der Waals surface area contributed by atoms with E-state index in [1.54, 1.807) is 11.1 Å². The van der Waals surface area contributed by atoms with E-state index in [1.165, 1.54) is 25.5 Å². The molecule has 0 radical (unpaired) electrons. The fraction of sp³-hybridized carbons (Fsp3) is 0.333. The molecule has 0 saturated carbocycles. The number of carbonyl (C=O) groups is 1. The maximum Gasteiger partial charge on any atom is 0.224 e. The van der Waals surface area contributed by atoms with Crippen molar-refractivity contribution in [3.8, 4) is 0 Å². The van der Waals surface area contributed by atoms with Crippen molar-refractivity contribution in [1.82, 2.24) is 14.9 Å². The highest BCUT2D eigenvalue weighted by molar-refractivity contribution is 5.75. The minimum absolute atomic E-state index is 0.0863. The maximum atomic E-state index is 12.2. The molecule has 138 valence electrons. The molecule has 1 amide bonds. The van der Waals surface area contributed by atoms with Gasteiger partial charge in [-0.25, -0.2) is 15.0 Å². The Bertz CT molecular complexity index is 711. The minimum atomic E-state index is -0.151. The first-order valence-corrected chi connectivity index (χ1v) is 8.05. The average Bonchev–Trinajstić information content (AvgIpc) is 2.63. The van der Waals surface area contributed by atoms with Crippen molar-refractivity contribution in [3.05, 3.63) is 47.5 Å². The Kier molecular flexibility index (Phi) is 9.16. The van der Waals surface area contributed by atoms with E-state index in [4.69, 9.17) is 15.6 Å². The summed E-state index contributed by atoms with van der Waals surface area (Å²) in [5.74, 6) is 0.0442. The second kappa shape index (κ2) is 11.4. The van der Waals surface area contributed by atoms with Gasteiger partial charge in [-0.05, 0) is 32.7 Å². The number of aromatic nitrogens is 2. The fourth-order valence-corrected chi connectivity index (χ4v) is 2.11. The third-order valence-corrected chi connectivity index (χ3v) is 3.51. The summed E-state index contributed by atoms with van der Waals surface area (Å²) in [6, 6.07) is 0. The zero-order valence-corrected chi connectivity index (χ0v) is 15.1. The monoisotopic (exact) mass is 356 g/mol. The molecule has 0 spiro atoms. The quantitative estimate of drug-likeness (QED) is 0.360. The fourth-order valence-electron chi connectivity index (χ4n) is 2.11. The number of unbranched alkanes of at least 4 members (excludes halogenated alkanes) is 1. The lowest BCUT2D eigenvalue weighted by atomic mass is 10.2. The summed E-state index contributed by atoms with van der Waals surface area (Å²) in [4.78, 5) is 25.7. The predicted octanol–water partition coefficient (Wildman–Crippen LogP) is 2.66. The first-order valence-electron chi connectivity index (χ1n) is 8.05. The molecule has 0 atom stereocenters. The second-order valence-corrected chi connectivity index (χ2v) is 5.33. The highest BCUT2D eigenvalue weighted by Gasteiger charge is 2.17. The van der Waals surface area contributed by atoms with Crippen LogP contribution in [0.15, 0.2) is 41.2 Å². The van der Waals surface area contributed by atoms with Crippen LogP contribution >= 0.6 is 0 Å². The summed E-state index contributed by atoms with van der Waals surface area (Å²) in [6.45, 7) is 7.13. The molecule has 1 aromatic heterocycles. The Balaban J connectivity index is 3.07. The van der Waals surface area contributed by atoms with Gasteiger partial charge in [0.15, 0.2) is 0 Å². The van der Waals surface area contributed by atoms with Gasteiger partial charge in [0.2, 0.25) is 11.8 Å². The Hall–Kier alpha value is -3.16. The van der Waals surface area contributed by atoms with Gasteiger partial charge in [-0.15, -0.1) is 0 Å². The largest absolute Gasteiger partial charge is 0.471 e. The maximum absolute atomic E-state index is 12.2. The SMILES string of the molecule is C=NC(=CC=N)OCC(=CCCC=N)N(Cc1cncnc1C)C(C)=O. The van der Waals surface area contributed by atoms with Crippen LogP contribution in [0.1, 0.15) is 31.0 Å². The first kappa shape index (κ1) is 20.9. The number of amides is 1. The lowest BCUT2D eigenvalue weighted by Gasteiger charge is -2.25. The van der Waals surface area contributed by atoms with Crippen LogP contribution in [0.5, 0.6) is 0 Å². The van der Waals surface area contributed by atoms with E-state index in [0.29, 0.717) is 25.1 Å². The van der Waals surface area contributed by atoms with Gasteiger partial charge in [-0.1, -0.05) is 6.08 Å². The lowest BCUT2D eigenvalue weighted by molar-refractivity contribution is -0.127. The van der Waals surface area contributed by atoms with Crippen LogP contribution < -0.4 is 0 Å². The third-order valence-electron chi connectivity index (χ3n) is 3.51. The highest BCUT2D eigenvalue weighted by atomic mass is 16.5. The second-order valence-electron chi connectivity index (χ2n) is 5.33. The van der Waals surface area contributed by atoms with Gasteiger partial charge >= 0.3 is 0 Å². The molecule has 1 rings (SSSR count). The van der Waals surface area contributed by atoms with Gasteiger partial charge < -0.3 is 20.5 Å². The number of ether oxygens (including phenoxy) is 1. The van der Waals surface area contributed by atoms with E-state index < -0.39 is 0 Å². The molecule has 0 unspecified atom stereocenters. The lowest BCUT2D eigenvalue weighted by Crippen LogP contribution is -2.30. The van der Waals surface area contributed by atoms with E-state index >= 15 is 0 Å². The minimum Gasteiger partial charge on any atom is -0.471 e. The van der Waals surface area contributed by atoms with Gasteiger partial charge in [-0.2, -0.15) is 0 Å². The standard InChI is InChI=1S/C18H24N6O2/c1-14-16(10-22-13-23-14)11-24(15(2)25)17(6-4-5-8-19)12-26-18(21-3)7-9-20/h6-10,13,19-20H,3-5,11-12H2,1-2H3. The third kappa shape index (κ3) is 6.76. The van der Waals surface area contributed by atoms with Crippen molar-refractivity contribution >= 4 is 25.1 Å². The van der Waals surface area contributed by atoms with E-state index in [0.717, 1.165) is 17.5 Å². The number of hydrogen-bond acceptors (Lipinski definition) is 7. The molecule has 0 aliphatic carbocycles. The number of nitrogens with zero attached hydrogens (tertiary/aromatic N) is 4. The predicted molar refractivity (Wildman–Crippen MR) is 101 cm³/mol. The molecule has 1 heterocycles. The van der Waals surface area contributed by atoms with Crippen molar-refractivity contribution in [1.29, 1.82) is 10.8 Å². The van der Waals surface area contributed by atoms with Crippen LogP contribution in [0, 0.1) is 17.7 Å². The van der Waals surface area contributed by atoms with Crippen molar-refractivity contribution in [2.75, 3.05) is 6.61 Å². The van der Waals surface area contributed by atoms with Crippen LogP contribution in [-0.2, 0) is 16.1 Å². The molecule has 0 bridgehead atoms. The Morgan fingerprint density at radius 1 is 1.42 bits per heavy atom. The molecule has 0 aliphatic rings. The zero-order valence-electron chi connectivity index (χ0n) is 15.1. The van der Waals surface area contributed by atoms with E-state index in [-0.39, 0.29) is 18.4 Å². The first-order chi connectivity index (χ1) is 12.5. The molecule has 26 heavy (non-hydrogen) atoms. The van der Waals surface area contributed by atoms with Crippen LogP contribution in [0.4, 0.5) is 0 Å². The van der Waals surface area contributed by atoms with Crippen LogP contribution in [0.25, 0.3) is 0 Å². The van der Waals surface area contributed by atoms with Crippen molar-refractivity contribution < 1.29 is 9.53 Å². The number of allylic oxidation sites excluding steroid dienone is 2. The van der Waals surface area contributed by atoms with E-state index in [1.807, 2.05) is 13.0 Å². The molecule has 8 heteroatoms. The number of carbonyl (C=O) groups excluding carboxylic acids is 1. The van der Waals surface area contributed by atoms with Crippen molar-refractivity contribution in [2.45, 2.75) is 33.2 Å². The molecule has 0 aromatic carbocycles. The van der Waals surface area contributed by atoms with E-state index in [2.05, 4.69) is 21.7 Å². The Labute approximate surface area is 153 Å². The van der Waals surface area contributed by atoms with Gasteiger partial charge in [0.1, 0.15) is 12.9 Å². The zero-order chi connectivity index (χ0) is 19.4. The normalized spacial score (nSPS) is 11.6. The number of nitrogens with one attached hydrogen (secondary N) is 2. The summed E-state index contributed by atoms with van der Waals surface area (Å²) in [5.41, 5.74) is 2.27. The molecule has 1 aromatic rings. The molecular weight excluding hydrogens is 332 g/mol. The molecule has 2 N–H and O–H groups in total. The molecule has 0 aliphatic heterocycles. The van der Waals surface area contributed by atoms with Crippen molar-refractivity contribution in [2.24, 2.45) is 4.99 Å². The summed E-state index contributed by atoms with van der Waals surface area (Å²) in [5, 5.41) is 14.3. The number of aryl methyl sites for hydroxylation is 1. The molecule has 0 fully saturated rings. The summed E-state index contributed by atoms with van der Waals surface area (Å²) >= 11 is 0. The van der Waals surface area contributed by atoms with Gasteiger partial charge in [0, 0.05) is 36.7 Å². The van der Waals surface area contributed by atoms with Gasteiger partial charge in [0.25, 0.3) is 0 Å². The number of hydrogen-bond donors (Lipinski definition) is 2. The molecular formula is C18H24N6O2.